The van der Waals surface area contributed by atoms with Crippen LogP contribution in [0.2, 0.25) is 0 Å². The second-order valence-corrected chi connectivity index (χ2v) is 5.42. The molecule has 1 rings (SSSR count). The number of rotatable bonds is 1. The SMILES string of the molecule is CC1=CCC(C)(C)C=CCC(C(=O)O)=CCC1. The van der Waals surface area contributed by atoms with E-state index in [1.165, 1.54) is 5.57 Å². The number of carboxylic acids is 1. The van der Waals surface area contributed by atoms with Crippen LogP contribution in [0.4, 0.5) is 0 Å². The lowest BCUT2D eigenvalue weighted by Crippen LogP contribution is -2.06. The van der Waals surface area contributed by atoms with Gasteiger partial charge in [-0.3, -0.25) is 0 Å². The lowest BCUT2D eigenvalue weighted by molar-refractivity contribution is -0.132. The molecule has 1 aliphatic rings. The van der Waals surface area contributed by atoms with Gasteiger partial charge in [0, 0.05) is 5.57 Å². The number of hydrogen-bond donors (Lipinski definition) is 1. The van der Waals surface area contributed by atoms with Crippen LogP contribution in [0, 0.1) is 5.41 Å². The molecule has 17 heavy (non-hydrogen) atoms. The normalized spacial score (nSPS) is 21.1. The van der Waals surface area contributed by atoms with Gasteiger partial charge in [0.2, 0.25) is 0 Å². The molecule has 0 saturated carbocycles. The standard InChI is InChI=1S/C15H22O2/c1-12-6-4-7-13(14(16)17)8-5-10-15(2,3)11-9-12/h5,7,9-10H,4,6,8,11H2,1-3H3,(H,16,17). The van der Waals surface area contributed by atoms with Gasteiger partial charge >= 0.3 is 5.97 Å². The molecule has 0 radical (unpaired) electrons. The summed E-state index contributed by atoms with van der Waals surface area (Å²) in [7, 11) is 0. The molecule has 0 amide bonds. The lowest BCUT2D eigenvalue weighted by atomic mass is 9.87. The van der Waals surface area contributed by atoms with E-state index in [9.17, 15) is 4.79 Å². The second-order valence-electron chi connectivity index (χ2n) is 5.42. The van der Waals surface area contributed by atoms with E-state index in [-0.39, 0.29) is 5.41 Å². The molecule has 0 aliphatic heterocycles. The molecule has 0 aromatic carbocycles. The molecule has 0 bridgehead atoms. The van der Waals surface area contributed by atoms with Crippen molar-refractivity contribution < 1.29 is 9.90 Å². The van der Waals surface area contributed by atoms with Crippen molar-refractivity contribution in [3.8, 4) is 0 Å². The third kappa shape index (κ3) is 5.03. The van der Waals surface area contributed by atoms with E-state index in [1.807, 2.05) is 12.2 Å². The summed E-state index contributed by atoms with van der Waals surface area (Å²) < 4.78 is 0. The van der Waals surface area contributed by atoms with Crippen molar-refractivity contribution in [2.24, 2.45) is 5.41 Å². The number of aliphatic carboxylic acids is 1. The summed E-state index contributed by atoms with van der Waals surface area (Å²) in [6.45, 7) is 6.47. The van der Waals surface area contributed by atoms with Crippen LogP contribution in [0.5, 0.6) is 0 Å². The second kappa shape index (κ2) is 5.85. The minimum absolute atomic E-state index is 0.106. The zero-order chi connectivity index (χ0) is 12.9. The Morgan fingerprint density at radius 1 is 1.35 bits per heavy atom. The van der Waals surface area contributed by atoms with Crippen molar-refractivity contribution in [3.05, 3.63) is 35.5 Å². The predicted molar refractivity (Wildman–Crippen MR) is 70.9 cm³/mol. The van der Waals surface area contributed by atoms with Crippen LogP contribution in [0.15, 0.2) is 35.5 Å². The molecule has 2 nitrogen and oxygen atoms in total. The van der Waals surface area contributed by atoms with E-state index in [2.05, 4.69) is 32.9 Å². The first kappa shape index (κ1) is 13.8. The number of carboxylic acid groups (broad SMARTS) is 1. The van der Waals surface area contributed by atoms with Gasteiger partial charge in [0.05, 0.1) is 0 Å². The topological polar surface area (TPSA) is 37.3 Å². The molecule has 0 aromatic rings. The van der Waals surface area contributed by atoms with Gasteiger partial charge in [-0.1, -0.05) is 43.7 Å². The van der Waals surface area contributed by atoms with E-state index in [4.69, 9.17) is 5.11 Å². The largest absolute Gasteiger partial charge is 0.478 e. The smallest absolute Gasteiger partial charge is 0.331 e. The molecule has 0 spiro atoms. The van der Waals surface area contributed by atoms with Crippen molar-refractivity contribution in [1.29, 1.82) is 0 Å². The molecule has 0 aromatic heterocycles. The fraction of sp³-hybridized carbons (Fsp3) is 0.533. The molecule has 1 aliphatic carbocycles. The minimum Gasteiger partial charge on any atom is -0.478 e. The van der Waals surface area contributed by atoms with Crippen molar-refractivity contribution in [2.45, 2.75) is 46.5 Å². The van der Waals surface area contributed by atoms with Crippen LogP contribution in [0.3, 0.4) is 0 Å². The Labute approximate surface area is 104 Å². The molecule has 94 valence electrons. The van der Waals surface area contributed by atoms with Gasteiger partial charge in [-0.25, -0.2) is 4.79 Å². The van der Waals surface area contributed by atoms with Gasteiger partial charge in [-0.2, -0.15) is 0 Å². The quantitative estimate of drug-likeness (QED) is 0.693. The maximum absolute atomic E-state index is 11.0. The lowest BCUT2D eigenvalue weighted by Gasteiger charge is -2.18. The Balaban J connectivity index is 2.90. The highest BCUT2D eigenvalue weighted by atomic mass is 16.4. The van der Waals surface area contributed by atoms with E-state index >= 15 is 0 Å². The molecule has 0 unspecified atom stereocenters. The van der Waals surface area contributed by atoms with Gasteiger partial charge in [-0.15, -0.1) is 0 Å². The summed E-state index contributed by atoms with van der Waals surface area (Å²) in [6, 6.07) is 0. The Bertz CT molecular complexity index is 370. The number of allylic oxidation sites excluding steroid dienone is 5. The Kier molecular flexibility index (Phi) is 4.73. The fourth-order valence-corrected chi connectivity index (χ4v) is 1.84. The molecule has 0 atom stereocenters. The third-order valence-corrected chi connectivity index (χ3v) is 3.09. The van der Waals surface area contributed by atoms with Crippen LogP contribution in [0.1, 0.15) is 46.5 Å². The number of hydrogen-bond acceptors (Lipinski definition) is 1. The van der Waals surface area contributed by atoms with Gasteiger partial charge in [0.25, 0.3) is 0 Å². The van der Waals surface area contributed by atoms with Gasteiger partial charge < -0.3 is 5.11 Å². The monoisotopic (exact) mass is 234 g/mol. The highest BCUT2D eigenvalue weighted by molar-refractivity contribution is 5.86. The van der Waals surface area contributed by atoms with Gasteiger partial charge in [0.15, 0.2) is 0 Å². The number of carbonyl (C=O) groups is 1. The molecular formula is C15H22O2. The first-order valence-electron chi connectivity index (χ1n) is 6.16. The van der Waals surface area contributed by atoms with Crippen molar-refractivity contribution in [1.82, 2.24) is 0 Å². The molecule has 2 heteroatoms. The average molecular weight is 234 g/mol. The van der Waals surface area contributed by atoms with Gasteiger partial charge in [-0.05, 0) is 38.0 Å². The molecule has 1 N–H and O–H groups in total. The summed E-state index contributed by atoms with van der Waals surface area (Å²) >= 11 is 0. The van der Waals surface area contributed by atoms with E-state index < -0.39 is 5.97 Å². The van der Waals surface area contributed by atoms with Crippen LogP contribution in [-0.2, 0) is 4.79 Å². The Morgan fingerprint density at radius 2 is 2.06 bits per heavy atom. The minimum atomic E-state index is -0.798. The van der Waals surface area contributed by atoms with Crippen LogP contribution in [0.25, 0.3) is 0 Å². The molecule has 0 heterocycles. The van der Waals surface area contributed by atoms with Crippen molar-refractivity contribution >= 4 is 5.97 Å². The highest BCUT2D eigenvalue weighted by Gasteiger charge is 2.13. The third-order valence-electron chi connectivity index (χ3n) is 3.09. The Hall–Kier alpha value is -1.31. The average Bonchev–Trinajstić information content (AvgIpc) is 2.25. The fourth-order valence-electron chi connectivity index (χ4n) is 1.84. The van der Waals surface area contributed by atoms with Crippen molar-refractivity contribution in [3.63, 3.8) is 0 Å². The maximum atomic E-state index is 11.0. The van der Waals surface area contributed by atoms with Crippen LogP contribution >= 0.6 is 0 Å². The first-order valence-corrected chi connectivity index (χ1v) is 6.16. The summed E-state index contributed by atoms with van der Waals surface area (Å²) in [5, 5.41) is 9.07. The van der Waals surface area contributed by atoms with Crippen LogP contribution < -0.4 is 0 Å². The zero-order valence-electron chi connectivity index (χ0n) is 11.0. The predicted octanol–water partition coefficient (Wildman–Crippen LogP) is 4.10. The molecule has 0 saturated heterocycles. The maximum Gasteiger partial charge on any atom is 0.331 e. The summed E-state index contributed by atoms with van der Waals surface area (Å²) in [5.41, 5.74) is 1.95. The molecular weight excluding hydrogens is 212 g/mol. The highest BCUT2D eigenvalue weighted by Crippen LogP contribution is 2.25. The van der Waals surface area contributed by atoms with E-state index in [0.29, 0.717) is 12.0 Å². The summed E-state index contributed by atoms with van der Waals surface area (Å²) in [4.78, 5) is 11.0. The van der Waals surface area contributed by atoms with E-state index in [1.54, 1.807) is 0 Å². The van der Waals surface area contributed by atoms with Crippen LogP contribution in [-0.4, -0.2) is 11.1 Å². The zero-order valence-corrected chi connectivity index (χ0v) is 11.0. The summed E-state index contributed by atoms with van der Waals surface area (Å²) in [6.07, 6.45) is 11.5. The van der Waals surface area contributed by atoms with Gasteiger partial charge in [0.1, 0.15) is 0 Å². The molecule has 0 fully saturated rings. The first-order chi connectivity index (χ1) is 7.91. The summed E-state index contributed by atoms with van der Waals surface area (Å²) in [5.74, 6) is -0.798. The van der Waals surface area contributed by atoms with Crippen molar-refractivity contribution in [2.75, 3.05) is 0 Å². The van der Waals surface area contributed by atoms with E-state index in [0.717, 1.165) is 19.3 Å². The Morgan fingerprint density at radius 3 is 2.71 bits per heavy atom.